The van der Waals surface area contributed by atoms with Gasteiger partial charge in [-0.3, -0.25) is 20.6 Å². The molecule has 3 aromatic rings. The molecule has 8 heteroatoms. The van der Waals surface area contributed by atoms with Crippen LogP contribution in [0.4, 0.5) is 0 Å². The van der Waals surface area contributed by atoms with Crippen molar-refractivity contribution in [1.82, 2.24) is 21.2 Å². The zero-order valence-electron chi connectivity index (χ0n) is 13.2. The minimum atomic E-state index is -0.180. The third-order valence-electron chi connectivity index (χ3n) is 3.27. The van der Waals surface area contributed by atoms with Crippen molar-refractivity contribution in [2.75, 3.05) is 5.75 Å². The first-order valence-corrected chi connectivity index (χ1v) is 8.93. The number of hydrogen-bond acceptors (Lipinski definition) is 5. The second-order valence-electron chi connectivity index (χ2n) is 5.06. The maximum absolute atomic E-state index is 12.0. The fourth-order valence-electron chi connectivity index (χ4n) is 2.12. The maximum atomic E-state index is 12.0. The lowest BCUT2D eigenvalue weighted by molar-refractivity contribution is -0.119. The van der Waals surface area contributed by atoms with Crippen LogP contribution in [0.15, 0.2) is 64.2 Å². The second-order valence-corrected chi connectivity index (χ2v) is 6.48. The van der Waals surface area contributed by atoms with Gasteiger partial charge in [0.2, 0.25) is 5.91 Å². The quantitative estimate of drug-likeness (QED) is 0.361. The van der Waals surface area contributed by atoms with Gasteiger partial charge in [0.25, 0.3) is 0 Å². The molecule has 0 aliphatic heterocycles. The number of hydrogen-bond donors (Lipinski definition) is 3. The third-order valence-corrected chi connectivity index (χ3v) is 4.57. The molecule has 3 rings (SSSR count). The number of aromatic nitrogens is 1. The van der Waals surface area contributed by atoms with E-state index in [1.165, 1.54) is 11.8 Å². The number of para-hydroxylation sites is 1. The Labute approximate surface area is 154 Å². The second kappa shape index (κ2) is 8.50. The summed E-state index contributed by atoms with van der Waals surface area (Å²) in [7, 11) is 0. The van der Waals surface area contributed by atoms with Crippen molar-refractivity contribution in [3.63, 3.8) is 0 Å². The molecular formula is C17H16N4O2S2. The minimum absolute atomic E-state index is 0.180. The van der Waals surface area contributed by atoms with Gasteiger partial charge in [0.15, 0.2) is 5.11 Å². The van der Waals surface area contributed by atoms with Crippen LogP contribution in [0.3, 0.4) is 0 Å². The van der Waals surface area contributed by atoms with Crippen molar-refractivity contribution in [2.24, 2.45) is 0 Å². The number of fused-ring (bicyclic) bond motifs is 1. The average Bonchev–Trinajstić information content (AvgIpc) is 3.16. The van der Waals surface area contributed by atoms with Crippen LogP contribution in [-0.4, -0.2) is 21.8 Å². The number of hydrazine groups is 1. The number of nitrogens with zero attached hydrogens (tertiary/aromatic N) is 1. The van der Waals surface area contributed by atoms with E-state index in [1.807, 2.05) is 36.4 Å². The highest BCUT2D eigenvalue weighted by Crippen LogP contribution is 2.25. The molecule has 0 spiro atoms. The molecule has 1 amide bonds. The summed E-state index contributed by atoms with van der Waals surface area (Å²) >= 11 is 6.52. The van der Waals surface area contributed by atoms with Gasteiger partial charge in [-0.2, -0.15) is 0 Å². The van der Waals surface area contributed by atoms with Crippen LogP contribution in [0.1, 0.15) is 5.76 Å². The molecule has 3 N–H and O–H groups in total. The van der Waals surface area contributed by atoms with Crippen LogP contribution >= 0.6 is 24.0 Å². The largest absolute Gasteiger partial charge is 0.467 e. The van der Waals surface area contributed by atoms with Crippen LogP contribution in [0, 0.1) is 0 Å². The van der Waals surface area contributed by atoms with E-state index in [0.29, 0.717) is 11.7 Å². The van der Waals surface area contributed by atoms with Gasteiger partial charge in [0.1, 0.15) is 5.76 Å². The van der Waals surface area contributed by atoms with E-state index < -0.39 is 0 Å². The molecule has 2 heterocycles. The summed E-state index contributed by atoms with van der Waals surface area (Å²) < 4.78 is 5.19. The number of amides is 1. The Hall–Kier alpha value is -2.58. The fourth-order valence-corrected chi connectivity index (χ4v) is 3.09. The summed E-state index contributed by atoms with van der Waals surface area (Å²) in [6, 6.07) is 13.4. The smallest absolute Gasteiger partial charge is 0.248 e. The molecule has 0 bridgehead atoms. The van der Waals surface area contributed by atoms with E-state index in [4.69, 9.17) is 16.6 Å². The first-order valence-electron chi connectivity index (χ1n) is 7.54. The third kappa shape index (κ3) is 4.94. The van der Waals surface area contributed by atoms with Crippen molar-refractivity contribution >= 4 is 45.9 Å². The Bertz CT molecular complexity index is 863. The topological polar surface area (TPSA) is 79.2 Å². The first kappa shape index (κ1) is 17.2. The number of thiocarbonyl (C=S) groups is 1. The summed E-state index contributed by atoms with van der Waals surface area (Å²) in [4.78, 5) is 17.3. The Balaban J connectivity index is 1.44. The molecule has 1 aromatic carbocycles. The molecule has 25 heavy (non-hydrogen) atoms. The average molecular weight is 372 g/mol. The molecule has 0 aliphatic rings. The lowest BCUT2D eigenvalue weighted by Crippen LogP contribution is -2.47. The molecule has 0 saturated heterocycles. The molecule has 6 nitrogen and oxygen atoms in total. The Kier molecular flexibility index (Phi) is 5.86. The predicted molar refractivity (Wildman–Crippen MR) is 102 cm³/mol. The van der Waals surface area contributed by atoms with E-state index in [9.17, 15) is 4.79 Å². The maximum Gasteiger partial charge on any atom is 0.248 e. The molecule has 2 aromatic heterocycles. The monoisotopic (exact) mass is 372 g/mol. The fraction of sp³-hybridized carbons (Fsp3) is 0.118. The number of carbonyl (C=O) groups is 1. The van der Waals surface area contributed by atoms with E-state index in [2.05, 4.69) is 21.2 Å². The van der Waals surface area contributed by atoms with Gasteiger partial charge >= 0.3 is 0 Å². The molecule has 0 fully saturated rings. The number of thioether (sulfide) groups is 1. The number of carbonyl (C=O) groups excluding carboxylic acids is 1. The van der Waals surface area contributed by atoms with E-state index in [0.717, 1.165) is 21.6 Å². The normalized spacial score (nSPS) is 10.4. The number of benzene rings is 1. The van der Waals surface area contributed by atoms with Gasteiger partial charge in [-0.05, 0) is 36.5 Å². The minimum Gasteiger partial charge on any atom is -0.467 e. The first-order chi connectivity index (χ1) is 12.2. The summed E-state index contributed by atoms with van der Waals surface area (Å²) in [5, 5.41) is 4.30. The van der Waals surface area contributed by atoms with Gasteiger partial charge in [-0.25, -0.2) is 0 Å². The highest BCUT2D eigenvalue weighted by atomic mass is 32.2. The Morgan fingerprint density at radius 1 is 1.16 bits per heavy atom. The van der Waals surface area contributed by atoms with Crippen molar-refractivity contribution in [2.45, 2.75) is 11.4 Å². The van der Waals surface area contributed by atoms with E-state index in [-0.39, 0.29) is 11.7 Å². The molecule has 0 aliphatic carbocycles. The van der Waals surface area contributed by atoms with E-state index >= 15 is 0 Å². The van der Waals surface area contributed by atoms with Gasteiger partial charge in [-0.1, -0.05) is 18.2 Å². The Morgan fingerprint density at radius 3 is 2.88 bits per heavy atom. The summed E-state index contributed by atoms with van der Waals surface area (Å²) in [5.41, 5.74) is 6.13. The molecule has 0 atom stereocenters. The van der Waals surface area contributed by atoms with Gasteiger partial charge in [0.05, 0.1) is 24.1 Å². The molecule has 0 radical (unpaired) electrons. The summed E-state index contributed by atoms with van der Waals surface area (Å²) in [6.45, 7) is 0.450. The SMILES string of the molecule is O=C(CSc1cccc2cccnc12)NNC(=S)NCc1ccco1. The van der Waals surface area contributed by atoms with Crippen LogP contribution in [0.5, 0.6) is 0 Å². The zero-order valence-corrected chi connectivity index (χ0v) is 14.8. The standard InChI is InChI=1S/C17H16N4O2S2/c22-15(20-21-17(24)19-10-13-6-3-9-23-13)11-25-14-7-1-4-12-5-2-8-18-16(12)14/h1-9H,10-11H2,(H,20,22)(H2,19,21,24). The van der Waals surface area contributed by atoms with Crippen LogP contribution in [-0.2, 0) is 11.3 Å². The molecule has 0 unspecified atom stereocenters. The van der Waals surface area contributed by atoms with Gasteiger partial charge in [-0.15, -0.1) is 11.8 Å². The summed E-state index contributed by atoms with van der Waals surface area (Å²) in [5.74, 6) is 0.832. The van der Waals surface area contributed by atoms with Crippen LogP contribution in [0.2, 0.25) is 0 Å². The van der Waals surface area contributed by atoms with Crippen molar-refractivity contribution in [3.05, 3.63) is 60.7 Å². The summed E-state index contributed by atoms with van der Waals surface area (Å²) in [6.07, 6.45) is 3.34. The highest BCUT2D eigenvalue weighted by molar-refractivity contribution is 8.00. The number of furan rings is 1. The van der Waals surface area contributed by atoms with Crippen LogP contribution < -0.4 is 16.2 Å². The van der Waals surface area contributed by atoms with Gasteiger partial charge in [0, 0.05) is 16.5 Å². The van der Waals surface area contributed by atoms with Gasteiger partial charge < -0.3 is 9.73 Å². The van der Waals surface area contributed by atoms with Crippen molar-refractivity contribution in [3.8, 4) is 0 Å². The lowest BCUT2D eigenvalue weighted by Gasteiger charge is -2.11. The highest BCUT2D eigenvalue weighted by Gasteiger charge is 2.07. The van der Waals surface area contributed by atoms with Crippen molar-refractivity contribution in [1.29, 1.82) is 0 Å². The molecule has 128 valence electrons. The van der Waals surface area contributed by atoms with Crippen LogP contribution in [0.25, 0.3) is 10.9 Å². The van der Waals surface area contributed by atoms with Crippen molar-refractivity contribution < 1.29 is 9.21 Å². The predicted octanol–water partition coefficient (Wildman–Crippen LogP) is 2.62. The van der Waals surface area contributed by atoms with E-state index in [1.54, 1.807) is 18.5 Å². The Morgan fingerprint density at radius 2 is 2.04 bits per heavy atom. The number of nitrogens with one attached hydrogen (secondary N) is 3. The molecule has 0 saturated carbocycles. The lowest BCUT2D eigenvalue weighted by atomic mass is 10.2. The zero-order chi connectivity index (χ0) is 17.5. The number of pyridine rings is 1. The number of rotatable bonds is 5. The molecular weight excluding hydrogens is 356 g/mol.